The molecule has 1 amide bonds. The zero-order valence-corrected chi connectivity index (χ0v) is 13.9. The summed E-state index contributed by atoms with van der Waals surface area (Å²) in [5.74, 6) is -2.85. The highest BCUT2D eigenvalue weighted by atomic mass is 79.9. The van der Waals surface area contributed by atoms with Gasteiger partial charge in [-0.25, -0.2) is 4.79 Å². The van der Waals surface area contributed by atoms with Crippen LogP contribution in [0.3, 0.4) is 0 Å². The van der Waals surface area contributed by atoms with Gasteiger partial charge in [0.1, 0.15) is 0 Å². The van der Waals surface area contributed by atoms with Crippen LogP contribution in [0, 0.1) is 12.8 Å². The van der Waals surface area contributed by atoms with Crippen molar-refractivity contribution in [1.29, 1.82) is 0 Å². The number of carbonyl (C=O) groups excluding carboxylic acids is 1. The lowest BCUT2D eigenvalue weighted by Gasteiger charge is -2.20. The second-order valence-corrected chi connectivity index (χ2v) is 7.47. The Morgan fingerprint density at radius 3 is 2.68 bits per heavy atom. The number of benzene rings is 1. The standard InChI is InChI=1S/C13H13BrFNO5S/c1-7-2-10(14)9(13(18)19)4-11(7)16-5-8(3-12(16)17)6-22(15,20)21/h2,4,8H,3,5-6H2,1H3,(H,18,19). The number of hydrogen-bond donors (Lipinski definition) is 1. The van der Waals surface area contributed by atoms with Crippen molar-refractivity contribution in [2.24, 2.45) is 5.92 Å². The molecule has 0 aromatic heterocycles. The number of carbonyl (C=O) groups is 2. The van der Waals surface area contributed by atoms with E-state index in [1.54, 1.807) is 13.0 Å². The van der Waals surface area contributed by atoms with Gasteiger partial charge in [-0.05, 0) is 40.5 Å². The summed E-state index contributed by atoms with van der Waals surface area (Å²) in [4.78, 5) is 24.5. The molecule has 1 aromatic carbocycles. The third kappa shape index (κ3) is 3.64. The van der Waals surface area contributed by atoms with E-state index in [4.69, 9.17) is 5.11 Å². The van der Waals surface area contributed by atoms with E-state index in [0.29, 0.717) is 15.7 Å². The highest BCUT2D eigenvalue weighted by molar-refractivity contribution is 9.10. The zero-order valence-electron chi connectivity index (χ0n) is 11.5. The number of hydrogen-bond acceptors (Lipinski definition) is 4. The number of amides is 1. The van der Waals surface area contributed by atoms with E-state index in [-0.39, 0.29) is 24.4 Å². The number of carboxylic acids is 1. The number of aryl methyl sites for hydroxylation is 1. The van der Waals surface area contributed by atoms with Gasteiger partial charge >= 0.3 is 16.2 Å². The minimum absolute atomic E-state index is 0.00466. The normalized spacial score (nSPS) is 18.8. The number of rotatable bonds is 4. The Morgan fingerprint density at radius 2 is 2.14 bits per heavy atom. The molecule has 1 N–H and O–H groups in total. The van der Waals surface area contributed by atoms with Crippen LogP contribution in [-0.2, 0) is 15.0 Å². The third-order valence-corrected chi connectivity index (χ3v) is 4.97. The van der Waals surface area contributed by atoms with Gasteiger partial charge in [-0.2, -0.15) is 8.42 Å². The molecule has 120 valence electrons. The van der Waals surface area contributed by atoms with Gasteiger partial charge in [0.05, 0.1) is 11.3 Å². The fraction of sp³-hybridized carbons (Fsp3) is 0.385. The van der Waals surface area contributed by atoms with Crippen molar-refractivity contribution in [3.8, 4) is 0 Å². The Bertz CT molecular complexity index is 749. The fourth-order valence-electron chi connectivity index (χ4n) is 2.52. The monoisotopic (exact) mass is 393 g/mol. The van der Waals surface area contributed by atoms with Gasteiger partial charge in [-0.15, -0.1) is 3.89 Å². The quantitative estimate of drug-likeness (QED) is 0.790. The van der Waals surface area contributed by atoms with E-state index in [2.05, 4.69) is 15.9 Å². The fourth-order valence-corrected chi connectivity index (χ4v) is 3.94. The lowest BCUT2D eigenvalue weighted by molar-refractivity contribution is -0.117. The van der Waals surface area contributed by atoms with E-state index in [0.717, 1.165) is 0 Å². The zero-order chi connectivity index (χ0) is 16.7. The molecule has 6 nitrogen and oxygen atoms in total. The Morgan fingerprint density at radius 1 is 1.50 bits per heavy atom. The second kappa shape index (κ2) is 5.96. The van der Waals surface area contributed by atoms with Crippen molar-refractivity contribution in [2.75, 3.05) is 17.2 Å². The predicted molar refractivity (Wildman–Crippen MR) is 81.2 cm³/mol. The summed E-state index contributed by atoms with van der Waals surface area (Å²) in [6.07, 6.45) is -0.0823. The lowest BCUT2D eigenvalue weighted by atomic mass is 10.1. The molecule has 0 aliphatic carbocycles. The maximum Gasteiger partial charge on any atom is 0.336 e. The molecule has 0 spiro atoms. The Kier molecular flexibility index (Phi) is 4.57. The molecule has 1 aliphatic rings. The molecule has 1 aliphatic heterocycles. The van der Waals surface area contributed by atoms with Gasteiger partial charge in [-0.1, -0.05) is 0 Å². The summed E-state index contributed by atoms with van der Waals surface area (Å²) in [7, 11) is -4.66. The summed E-state index contributed by atoms with van der Waals surface area (Å²) >= 11 is 3.14. The molecule has 22 heavy (non-hydrogen) atoms. The first-order valence-corrected chi connectivity index (χ1v) is 8.69. The van der Waals surface area contributed by atoms with Crippen LogP contribution < -0.4 is 4.90 Å². The molecule has 0 saturated carbocycles. The minimum atomic E-state index is -4.66. The molecular weight excluding hydrogens is 381 g/mol. The van der Waals surface area contributed by atoms with Crippen LogP contribution in [0.1, 0.15) is 22.3 Å². The average Bonchev–Trinajstić information content (AvgIpc) is 2.67. The van der Waals surface area contributed by atoms with Crippen LogP contribution >= 0.6 is 15.9 Å². The molecule has 2 rings (SSSR count). The lowest BCUT2D eigenvalue weighted by Crippen LogP contribution is -2.26. The molecule has 0 radical (unpaired) electrons. The topological polar surface area (TPSA) is 91.8 Å². The van der Waals surface area contributed by atoms with Gasteiger partial charge in [0, 0.05) is 29.0 Å². The van der Waals surface area contributed by atoms with Crippen LogP contribution in [0.5, 0.6) is 0 Å². The molecule has 1 saturated heterocycles. The minimum Gasteiger partial charge on any atom is -0.478 e. The highest BCUT2D eigenvalue weighted by Crippen LogP contribution is 2.32. The van der Waals surface area contributed by atoms with Gasteiger partial charge in [-0.3, -0.25) is 4.79 Å². The smallest absolute Gasteiger partial charge is 0.336 e. The summed E-state index contributed by atoms with van der Waals surface area (Å²) in [6, 6.07) is 2.93. The number of nitrogens with zero attached hydrogens (tertiary/aromatic N) is 1. The highest BCUT2D eigenvalue weighted by Gasteiger charge is 2.34. The molecule has 1 aromatic rings. The van der Waals surface area contributed by atoms with E-state index >= 15 is 0 Å². The van der Waals surface area contributed by atoms with Crippen LogP contribution in [0.4, 0.5) is 9.57 Å². The molecular formula is C13H13BrFNO5S. The van der Waals surface area contributed by atoms with Gasteiger partial charge < -0.3 is 10.0 Å². The first kappa shape index (κ1) is 16.9. The molecule has 1 unspecified atom stereocenters. The Hall–Kier alpha value is -1.48. The predicted octanol–water partition coefficient (Wildman–Crippen LogP) is 2.11. The maximum absolute atomic E-state index is 12.8. The van der Waals surface area contributed by atoms with Crippen LogP contribution in [0.25, 0.3) is 0 Å². The number of carboxylic acid groups (broad SMARTS) is 1. The first-order chi connectivity index (χ1) is 10.1. The van der Waals surface area contributed by atoms with Gasteiger partial charge in [0.2, 0.25) is 5.91 Å². The number of halogens is 2. The van der Waals surface area contributed by atoms with Gasteiger partial charge in [0.25, 0.3) is 0 Å². The van der Waals surface area contributed by atoms with Crippen molar-refractivity contribution in [1.82, 2.24) is 0 Å². The third-order valence-electron chi connectivity index (χ3n) is 3.45. The Balaban J connectivity index is 2.34. The average molecular weight is 394 g/mol. The van der Waals surface area contributed by atoms with E-state index in [9.17, 15) is 21.9 Å². The largest absolute Gasteiger partial charge is 0.478 e. The summed E-state index contributed by atoms with van der Waals surface area (Å²) in [6.45, 7) is 1.75. The maximum atomic E-state index is 12.8. The first-order valence-electron chi connectivity index (χ1n) is 6.34. The van der Waals surface area contributed by atoms with Crippen LogP contribution in [-0.4, -0.2) is 37.7 Å². The van der Waals surface area contributed by atoms with Crippen molar-refractivity contribution in [2.45, 2.75) is 13.3 Å². The summed E-state index contributed by atoms with van der Waals surface area (Å²) < 4.78 is 34.6. The number of anilines is 1. The summed E-state index contributed by atoms with van der Waals surface area (Å²) in [5.41, 5.74) is 1.05. The van der Waals surface area contributed by atoms with Crippen LogP contribution in [0.2, 0.25) is 0 Å². The molecule has 9 heteroatoms. The molecule has 1 atom stereocenters. The second-order valence-electron chi connectivity index (χ2n) is 5.20. The number of aromatic carboxylic acids is 1. The van der Waals surface area contributed by atoms with Crippen molar-refractivity contribution in [3.63, 3.8) is 0 Å². The van der Waals surface area contributed by atoms with E-state index < -0.39 is 27.9 Å². The molecule has 1 fully saturated rings. The molecule has 1 heterocycles. The van der Waals surface area contributed by atoms with Crippen LogP contribution in [0.15, 0.2) is 16.6 Å². The SMILES string of the molecule is Cc1cc(Br)c(C(=O)O)cc1N1CC(CS(=O)(=O)F)CC1=O. The van der Waals surface area contributed by atoms with Crippen molar-refractivity contribution < 1.29 is 27.0 Å². The van der Waals surface area contributed by atoms with Crippen molar-refractivity contribution >= 4 is 43.7 Å². The van der Waals surface area contributed by atoms with Gasteiger partial charge in [0.15, 0.2) is 0 Å². The van der Waals surface area contributed by atoms with E-state index in [1.165, 1.54) is 11.0 Å². The Labute approximate surface area is 135 Å². The molecule has 0 bridgehead atoms. The van der Waals surface area contributed by atoms with E-state index in [1.807, 2.05) is 0 Å². The van der Waals surface area contributed by atoms with Crippen molar-refractivity contribution in [3.05, 3.63) is 27.7 Å². The summed E-state index contributed by atoms with van der Waals surface area (Å²) in [5, 5.41) is 9.13.